The lowest BCUT2D eigenvalue weighted by Gasteiger charge is -2.02. The van der Waals surface area contributed by atoms with Crippen LogP contribution >= 0.6 is 0 Å². The molecular weight excluding hydrogens is 294 g/mol. The summed E-state index contributed by atoms with van der Waals surface area (Å²) in [6, 6.07) is 11.3. The van der Waals surface area contributed by atoms with Crippen molar-refractivity contribution in [2.75, 3.05) is 6.61 Å². The van der Waals surface area contributed by atoms with Gasteiger partial charge in [-0.2, -0.15) is 4.98 Å². The maximum atomic E-state index is 5.42. The zero-order chi connectivity index (χ0) is 15.6. The second-order valence-electron chi connectivity index (χ2n) is 4.89. The predicted octanol–water partition coefficient (Wildman–Crippen LogP) is 2.84. The molecule has 4 aromatic rings. The van der Waals surface area contributed by atoms with Crippen LogP contribution in [0.2, 0.25) is 0 Å². The van der Waals surface area contributed by atoms with Gasteiger partial charge in [0, 0.05) is 17.3 Å². The molecule has 0 unspecified atom stereocenters. The van der Waals surface area contributed by atoms with E-state index in [0.717, 1.165) is 22.5 Å². The van der Waals surface area contributed by atoms with Crippen LogP contribution in [-0.2, 0) is 0 Å². The molecule has 0 aliphatic heterocycles. The number of aromatic nitrogens is 5. The van der Waals surface area contributed by atoms with E-state index in [4.69, 9.17) is 9.26 Å². The van der Waals surface area contributed by atoms with E-state index >= 15 is 0 Å². The smallest absolute Gasteiger partial charge is 0.258 e. The maximum absolute atomic E-state index is 5.42. The van der Waals surface area contributed by atoms with Crippen LogP contribution in [0.1, 0.15) is 6.92 Å². The van der Waals surface area contributed by atoms with Gasteiger partial charge >= 0.3 is 0 Å². The number of rotatable bonds is 4. The van der Waals surface area contributed by atoms with Crippen molar-refractivity contribution in [3.63, 3.8) is 0 Å². The number of fused-ring (bicyclic) bond motifs is 1. The summed E-state index contributed by atoms with van der Waals surface area (Å²) < 4.78 is 12.6. The van der Waals surface area contributed by atoms with Crippen LogP contribution in [0.25, 0.3) is 28.5 Å². The Balaban J connectivity index is 1.65. The molecule has 0 fully saturated rings. The molecule has 4 rings (SSSR count). The molecule has 7 nitrogen and oxygen atoms in total. The monoisotopic (exact) mass is 307 g/mol. The molecule has 0 atom stereocenters. The lowest BCUT2D eigenvalue weighted by atomic mass is 10.2. The van der Waals surface area contributed by atoms with Gasteiger partial charge in [0.15, 0.2) is 5.65 Å². The molecule has 0 amide bonds. The minimum absolute atomic E-state index is 0.465. The standard InChI is InChI=1S/C16H13N5O2/c1-2-22-13-6-3-11(4-7-13)16-18-15(20-23-16)12-5-8-14-19-17-10-21(14)9-12/h3-10H,2H2,1H3. The topological polar surface area (TPSA) is 78.3 Å². The van der Waals surface area contributed by atoms with Gasteiger partial charge < -0.3 is 9.26 Å². The molecular formula is C16H13N5O2. The predicted molar refractivity (Wildman–Crippen MR) is 82.9 cm³/mol. The highest BCUT2D eigenvalue weighted by Gasteiger charge is 2.11. The minimum atomic E-state index is 0.465. The van der Waals surface area contributed by atoms with Crippen molar-refractivity contribution in [1.29, 1.82) is 0 Å². The van der Waals surface area contributed by atoms with E-state index in [1.807, 2.05) is 53.9 Å². The van der Waals surface area contributed by atoms with E-state index in [1.54, 1.807) is 6.33 Å². The largest absolute Gasteiger partial charge is 0.494 e. The summed E-state index contributed by atoms with van der Waals surface area (Å²) in [6.45, 7) is 2.58. The first-order chi connectivity index (χ1) is 11.3. The number of benzene rings is 1. The normalized spacial score (nSPS) is 11.0. The maximum Gasteiger partial charge on any atom is 0.258 e. The second kappa shape index (κ2) is 5.53. The van der Waals surface area contributed by atoms with Crippen molar-refractivity contribution in [3.05, 3.63) is 48.9 Å². The Bertz CT molecular complexity index is 942. The first kappa shape index (κ1) is 13.4. The molecule has 0 aliphatic carbocycles. The fourth-order valence-corrected chi connectivity index (χ4v) is 2.28. The van der Waals surface area contributed by atoms with Gasteiger partial charge in [-0.1, -0.05) is 5.16 Å². The van der Waals surface area contributed by atoms with Gasteiger partial charge in [0.05, 0.1) is 6.61 Å². The van der Waals surface area contributed by atoms with E-state index in [-0.39, 0.29) is 0 Å². The quantitative estimate of drug-likeness (QED) is 0.577. The van der Waals surface area contributed by atoms with Gasteiger partial charge in [-0.25, -0.2) is 0 Å². The van der Waals surface area contributed by atoms with Gasteiger partial charge in [-0.3, -0.25) is 4.40 Å². The highest BCUT2D eigenvalue weighted by molar-refractivity contribution is 5.61. The Labute approximate surface area is 131 Å². The fourth-order valence-electron chi connectivity index (χ4n) is 2.28. The molecule has 23 heavy (non-hydrogen) atoms. The third-order valence-corrected chi connectivity index (χ3v) is 3.39. The summed E-state index contributed by atoms with van der Waals surface area (Å²) in [5, 5.41) is 11.9. The lowest BCUT2D eigenvalue weighted by Crippen LogP contribution is -1.90. The fraction of sp³-hybridized carbons (Fsp3) is 0.125. The molecule has 1 aromatic carbocycles. The zero-order valence-corrected chi connectivity index (χ0v) is 12.4. The molecule has 114 valence electrons. The number of pyridine rings is 1. The molecule has 0 N–H and O–H groups in total. The summed E-state index contributed by atoms with van der Waals surface area (Å²) in [4.78, 5) is 4.44. The summed E-state index contributed by atoms with van der Waals surface area (Å²) >= 11 is 0. The highest BCUT2D eigenvalue weighted by atomic mass is 16.5. The van der Waals surface area contributed by atoms with Crippen molar-refractivity contribution in [1.82, 2.24) is 24.7 Å². The molecule has 0 radical (unpaired) electrons. The molecule has 7 heteroatoms. The molecule has 3 aromatic heterocycles. The van der Waals surface area contributed by atoms with Gasteiger partial charge in [-0.15, -0.1) is 10.2 Å². The summed E-state index contributed by atoms with van der Waals surface area (Å²) in [6.07, 6.45) is 3.49. The van der Waals surface area contributed by atoms with Crippen LogP contribution < -0.4 is 4.74 Å². The van der Waals surface area contributed by atoms with Crippen molar-refractivity contribution in [2.45, 2.75) is 6.92 Å². The van der Waals surface area contributed by atoms with Crippen LogP contribution in [0.15, 0.2) is 53.4 Å². The third kappa shape index (κ3) is 2.52. The van der Waals surface area contributed by atoms with Crippen LogP contribution in [-0.4, -0.2) is 31.3 Å². The van der Waals surface area contributed by atoms with Crippen molar-refractivity contribution in [2.24, 2.45) is 0 Å². The molecule has 3 heterocycles. The van der Waals surface area contributed by atoms with E-state index in [9.17, 15) is 0 Å². The summed E-state index contributed by atoms with van der Waals surface area (Å²) in [5.74, 6) is 1.80. The minimum Gasteiger partial charge on any atom is -0.494 e. The van der Waals surface area contributed by atoms with Crippen molar-refractivity contribution >= 4 is 5.65 Å². The average molecular weight is 307 g/mol. The number of hydrogen-bond donors (Lipinski definition) is 0. The molecule has 0 saturated heterocycles. The van der Waals surface area contributed by atoms with E-state index < -0.39 is 0 Å². The Morgan fingerprint density at radius 2 is 1.91 bits per heavy atom. The lowest BCUT2D eigenvalue weighted by molar-refractivity contribution is 0.340. The number of nitrogens with zero attached hydrogens (tertiary/aromatic N) is 5. The Morgan fingerprint density at radius 1 is 1.09 bits per heavy atom. The summed E-state index contributed by atoms with van der Waals surface area (Å²) in [7, 11) is 0. The summed E-state index contributed by atoms with van der Waals surface area (Å²) in [5.41, 5.74) is 2.44. The first-order valence-corrected chi connectivity index (χ1v) is 7.20. The highest BCUT2D eigenvalue weighted by Crippen LogP contribution is 2.24. The van der Waals surface area contributed by atoms with E-state index in [1.165, 1.54) is 0 Å². The first-order valence-electron chi connectivity index (χ1n) is 7.20. The van der Waals surface area contributed by atoms with Crippen LogP contribution in [0.5, 0.6) is 5.75 Å². The second-order valence-corrected chi connectivity index (χ2v) is 4.89. The zero-order valence-electron chi connectivity index (χ0n) is 12.4. The molecule has 0 spiro atoms. The van der Waals surface area contributed by atoms with Gasteiger partial charge in [-0.05, 0) is 43.3 Å². The average Bonchev–Trinajstić information content (AvgIpc) is 3.24. The van der Waals surface area contributed by atoms with Crippen LogP contribution in [0, 0.1) is 0 Å². The van der Waals surface area contributed by atoms with Crippen molar-refractivity contribution < 1.29 is 9.26 Å². The van der Waals surface area contributed by atoms with Gasteiger partial charge in [0.2, 0.25) is 5.82 Å². The molecule has 0 bridgehead atoms. The Hall–Kier alpha value is -3.22. The Morgan fingerprint density at radius 3 is 2.74 bits per heavy atom. The third-order valence-electron chi connectivity index (χ3n) is 3.39. The van der Waals surface area contributed by atoms with Crippen LogP contribution in [0.4, 0.5) is 0 Å². The van der Waals surface area contributed by atoms with Gasteiger partial charge in [0.25, 0.3) is 5.89 Å². The van der Waals surface area contributed by atoms with Crippen molar-refractivity contribution in [3.8, 4) is 28.6 Å². The number of hydrogen-bond acceptors (Lipinski definition) is 6. The van der Waals surface area contributed by atoms with Gasteiger partial charge in [0.1, 0.15) is 12.1 Å². The Kier molecular flexibility index (Phi) is 3.23. The SMILES string of the molecule is CCOc1ccc(-c2nc(-c3ccc4nncn4c3)no2)cc1. The molecule has 0 aliphatic rings. The molecule has 0 saturated carbocycles. The van der Waals surface area contributed by atoms with Crippen LogP contribution in [0.3, 0.4) is 0 Å². The van der Waals surface area contributed by atoms with E-state index in [0.29, 0.717) is 18.3 Å². The number of ether oxygens (including phenoxy) is 1. The van der Waals surface area contributed by atoms with E-state index in [2.05, 4.69) is 20.3 Å².